The number of halogens is 2. The average molecular weight is 336 g/mol. The Hall–Kier alpha value is -0.970. The van der Waals surface area contributed by atoms with Crippen LogP contribution < -0.4 is 11.1 Å². The van der Waals surface area contributed by atoms with E-state index in [4.69, 9.17) is 5.73 Å². The summed E-state index contributed by atoms with van der Waals surface area (Å²) >= 11 is 0. The molecule has 0 radical (unpaired) electrons. The van der Waals surface area contributed by atoms with E-state index >= 15 is 0 Å². The van der Waals surface area contributed by atoms with Crippen molar-refractivity contribution in [3.05, 3.63) is 29.8 Å². The molecule has 1 aromatic rings. The van der Waals surface area contributed by atoms with E-state index in [0.29, 0.717) is 6.42 Å². The SMILES string of the molecule is CCN(CC)CC(C)NC(=O)Cc1ccc(N)cc1.Cl.Cl. The highest BCUT2D eigenvalue weighted by Gasteiger charge is 2.10. The van der Waals surface area contributed by atoms with Crippen molar-refractivity contribution in [2.75, 3.05) is 25.4 Å². The minimum atomic E-state index is 0. The van der Waals surface area contributed by atoms with Gasteiger partial charge in [-0.05, 0) is 37.7 Å². The zero-order valence-electron chi connectivity index (χ0n) is 13.0. The third-order valence-corrected chi connectivity index (χ3v) is 3.18. The molecular weight excluding hydrogens is 309 g/mol. The van der Waals surface area contributed by atoms with Crippen molar-refractivity contribution in [2.24, 2.45) is 0 Å². The van der Waals surface area contributed by atoms with Gasteiger partial charge in [-0.25, -0.2) is 0 Å². The molecule has 1 atom stereocenters. The number of likely N-dealkylation sites (N-methyl/N-ethyl adjacent to an activating group) is 1. The van der Waals surface area contributed by atoms with Crippen molar-refractivity contribution in [3.63, 3.8) is 0 Å². The first-order valence-corrected chi connectivity index (χ1v) is 6.91. The predicted octanol–water partition coefficient (Wildman–Crippen LogP) is 2.50. The van der Waals surface area contributed by atoms with Gasteiger partial charge in [-0.15, -0.1) is 24.8 Å². The Balaban J connectivity index is 0. The van der Waals surface area contributed by atoms with Crippen LogP contribution in [-0.4, -0.2) is 36.5 Å². The number of amides is 1. The molecule has 0 heterocycles. The van der Waals surface area contributed by atoms with Gasteiger partial charge in [0.05, 0.1) is 6.42 Å². The van der Waals surface area contributed by atoms with Gasteiger partial charge < -0.3 is 16.0 Å². The summed E-state index contributed by atoms with van der Waals surface area (Å²) in [6.07, 6.45) is 0.406. The van der Waals surface area contributed by atoms with Crippen molar-refractivity contribution in [1.29, 1.82) is 0 Å². The van der Waals surface area contributed by atoms with Gasteiger partial charge in [-0.3, -0.25) is 4.79 Å². The Labute approximate surface area is 140 Å². The largest absolute Gasteiger partial charge is 0.399 e. The number of carbonyl (C=O) groups is 1. The van der Waals surface area contributed by atoms with Crippen LogP contribution in [-0.2, 0) is 11.2 Å². The topological polar surface area (TPSA) is 58.4 Å². The molecule has 0 saturated heterocycles. The van der Waals surface area contributed by atoms with Gasteiger partial charge in [-0.2, -0.15) is 0 Å². The first-order chi connectivity index (χ1) is 9.05. The Morgan fingerprint density at radius 2 is 1.71 bits per heavy atom. The van der Waals surface area contributed by atoms with E-state index in [1.807, 2.05) is 31.2 Å². The second-order valence-corrected chi connectivity index (χ2v) is 4.87. The summed E-state index contributed by atoms with van der Waals surface area (Å²) in [5.74, 6) is 0.0597. The lowest BCUT2D eigenvalue weighted by atomic mass is 10.1. The fourth-order valence-corrected chi connectivity index (χ4v) is 2.06. The number of rotatable bonds is 7. The van der Waals surface area contributed by atoms with Crippen LogP contribution in [0.25, 0.3) is 0 Å². The molecule has 21 heavy (non-hydrogen) atoms. The lowest BCUT2D eigenvalue weighted by Crippen LogP contribution is -2.42. The molecule has 3 N–H and O–H groups in total. The molecule has 6 heteroatoms. The van der Waals surface area contributed by atoms with Gasteiger partial charge in [0.25, 0.3) is 0 Å². The maximum atomic E-state index is 11.9. The third-order valence-electron chi connectivity index (χ3n) is 3.18. The summed E-state index contributed by atoms with van der Waals surface area (Å²) in [5.41, 5.74) is 7.33. The van der Waals surface area contributed by atoms with Gasteiger partial charge in [0.15, 0.2) is 0 Å². The zero-order valence-corrected chi connectivity index (χ0v) is 14.6. The molecule has 1 aromatic carbocycles. The summed E-state index contributed by atoms with van der Waals surface area (Å²) < 4.78 is 0. The minimum absolute atomic E-state index is 0. The first-order valence-electron chi connectivity index (χ1n) is 6.91. The quantitative estimate of drug-likeness (QED) is 0.752. The molecule has 0 aromatic heterocycles. The van der Waals surface area contributed by atoms with E-state index in [9.17, 15) is 4.79 Å². The minimum Gasteiger partial charge on any atom is -0.399 e. The van der Waals surface area contributed by atoms with E-state index in [1.165, 1.54) is 0 Å². The van der Waals surface area contributed by atoms with E-state index in [1.54, 1.807) is 0 Å². The molecule has 0 aliphatic carbocycles. The average Bonchev–Trinajstić information content (AvgIpc) is 2.38. The van der Waals surface area contributed by atoms with Gasteiger partial charge in [0.2, 0.25) is 5.91 Å². The highest BCUT2D eigenvalue weighted by atomic mass is 35.5. The van der Waals surface area contributed by atoms with Crippen molar-refractivity contribution < 1.29 is 4.79 Å². The number of benzene rings is 1. The lowest BCUT2D eigenvalue weighted by molar-refractivity contribution is -0.121. The lowest BCUT2D eigenvalue weighted by Gasteiger charge is -2.23. The van der Waals surface area contributed by atoms with Crippen molar-refractivity contribution in [2.45, 2.75) is 33.2 Å². The molecule has 1 unspecified atom stereocenters. The molecule has 1 amide bonds. The predicted molar refractivity (Wildman–Crippen MR) is 94.4 cm³/mol. The second kappa shape index (κ2) is 11.7. The first kappa shape index (κ1) is 22.3. The summed E-state index contributed by atoms with van der Waals surface area (Å²) in [6.45, 7) is 9.21. The van der Waals surface area contributed by atoms with E-state index in [2.05, 4.69) is 24.1 Å². The van der Waals surface area contributed by atoms with E-state index in [-0.39, 0.29) is 36.8 Å². The van der Waals surface area contributed by atoms with E-state index < -0.39 is 0 Å². The number of hydrogen-bond acceptors (Lipinski definition) is 3. The van der Waals surface area contributed by atoms with Crippen LogP contribution in [0.4, 0.5) is 5.69 Å². The fraction of sp³-hybridized carbons (Fsp3) is 0.533. The van der Waals surface area contributed by atoms with Crippen LogP contribution in [0.3, 0.4) is 0 Å². The second-order valence-electron chi connectivity index (χ2n) is 4.87. The van der Waals surface area contributed by atoms with E-state index in [0.717, 1.165) is 30.9 Å². The van der Waals surface area contributed by atoms with Crippen LogP contribution in [0.2, 0.25) is 0 Å². The Morgan fingerprint density at radius 3 is 2.19 bits per heavy atom. The summed E-state index contributed by atoms with van der Waals surface area (Å²) in [4.78, 5) is 14.2. The van der Waals surface area contributed by atoms with Gasteiger partial charge >= 0.3 is 0 Å². The molecule has 0 aliphatic rings. The molecular formula is C15H27Cl2N3O. The van der Waals surface area contributed by atoms with Crippen LogP contribution in [0.1, 0.15) is 26.3 Å². The molecule has 0 fully saturated rings. The highest BCUT2D eigenvalue weighted by Crippen LogP contribution is 2.06. The van der Waals surface area contributed by atoms with Crippen molar-refractivity contribution in [1.82, 2.24) is 10.2 Å². The monoisotopic (exact) mass is 335 g/mol. The third kappa shape index (κ3) is 8.81. The fourth-order valence-electron chi connectivity index (χ4n) is 2.06. The normalized spacial score (nSPS) is 11.2. The number of nitrogens with one attached hydrogen (secondary N) is 1. The molecule has 0 saturated carbocycles. The van der Waals surface area contributed by atoms with Crippen LogP contribution in [0.5, 0.6) is 0 Å². The Bertz CT molecular complexity index is 394. The van der Waals surface area contributed by atoms with Crippen molar-refractivity contribution in [3.8, 4) is 0 Å². The van der Waals surface area contributed by atoms with Crippen LogP contribution >= 0.6 is 24.8 Å². The number of nitrogens with zero attached hydrogens (tertiary/aromatic N) is 1. The highest BCUT2D eigenvalue weighted by molar-refractivity contribution is 5.85. The molecule has 0 aliphatic heterocycles. The standard InChI is InChI=1S/C15H25N3O.2ClH/c1-4-18(5-2)11-12(3)17-15(19)10-13-6-8-14(16)9-7-13;;/h6-9,12H,4-5,10-11,16H2,1-3H3,(H,17,19);2*1H. The maximum absolute atomic E-state index is 11.9. The maximum Gasteiger partial charge on any atom is 0.224 e. The number of carbonyl (C=O) groups excluding carboxylic acids is 1. The van der Waals surface area contributed by atoms with Gasteiger partial charge in [0.1, 0.15) is 0 Å². The molecule has 1 rings (SSSR count). The summed E-state index contributed by atoms with van der Waals surface area (Å²) in [7, 11) is 0. The number of nitrogen functional groups attached to an aromatic ring is 1. The van der Waals surface area contributed by atoms with Crippen LogP contribution in [0.15, 0.2) is 24.3 Å². The molecule has 0 spiro atoms. The number of nitrogens with two attached hydrogens (primary N) is 1. The summed E-state index contributed by atoms with van der Waals surface area (Å²) in [5, 5.41) is 3.03. The Morgan fingerprint density at radius 1 is 1.19 bits per heavy atom. The zero-order chi connectivity index (χ0) is 14.3. The van der Waals surface area contributed by atoms with Crippen LogP contribution in [0, 0.1) is 0 Å². The molecule has 0 bridgehead atoms. The summed E-state index contributed by atoms with van der Waals surface area (Å²) in [6, 6.07) is 7.60. The number of hydrogen-bond donors (Lipinski definition) is 2. The Kier molecular flexibility index (Phi) is 12.4. The van der Waals surface area contributed by atoms with Crippen molar-refractivity contribution >= 4 is 36.4 Å². The van der Waals surface area contributed by atoms with Gasteiger partial charge in [-0.1, -0.05) is 26.0 Å². The molecule has 4 nitrogen and oxygen atoms in total. The van der Waals surface area contributed by atoms with Gasteiger partial charge in [0, 0.05) is 18.3 Å². The smallest absolute Gasteiger partial charge is 0.224 e. The molecule has 122 valence electrons. The number of anilines is 1.